The summed E-state index contributed by atoms with van der Waals surface area (Å²) < 4.78 is 73.8. The minimum Gasteiger partial charge on any atom is -0.496 e. The van der Waals surface area contributed by atoms with Crippen molar-refractivity contribution in [3.05, 3.63) is 54.4 Å². The van der Waals surface area contributed by atoms with Crippen molar-refractivity contribution < 1.29 is 31.2 Å². The molecule has 0 bridgehead atoms. The number of nitrogens with zero attached hydrogens (tertiary/aromatic N) is 3. The van der Waals surface area contributed by atoms with Crippen LogP contribution in [-0.2, 0) is 16.6 Å². The van der Waals surface area contributed by atoms with Crippen molar-refractivity contribution in [3.8, 4) is 11.5 Å². The fraction of sp³-hybridized carbons (Fsp3) is 0.304. The Hall–Kier alpha value is -3.87. The van der Waals surface area contributed by atoms with Gasteiger partial charge in [0.1, 0.15) is 21.8 Å². The first kappa shape index (κ1) is 23.9. The maximum absolute atomic E-state index is 13.4. The van der Waals surface area contributed by atoms with E-state index in [4.69, 9.17) is 14.0 Å². The summed E-state index contributed by atoms with van der Waals surface area (Å²) in [5.41, 5.74) is 0.0122. The molecule has 0 spiro atoms. The van der Waals surface area contributed by atoms with Crippen molar-refractivity contribution >= 4 is 32.5 Å². The largest absolute Gasteiger partial charge is 0.496 e. The molecular weight excluding hydrogens is 496 g/mol. The third kappa shape index (κ3) is 4.41. The lowest BCUT2D eigenvalue weighted by Gasteiger charge is -2.19. The topological polar surface area (TPSA) is 121 Å². The maximum Gasteiger partial charge on any atom is 0.266 e. The van der Waals surface area contributed by atoms with Gasteiger partial charge in [-0.25, -0.2) is 17.2 Å². The molecule has 5 rings (SSSR count). The molecule has 1 fully saturated rings. The Morgan fingerprint density at radius 3 is 2.58 bits per heavy atom. The van der Waals surface area contributed by atoms with Crippen LogP contribution >= 0.6 is 0 Å². The van der Waals surface area contributed by atoms with Gasteiger partial charge in [-0.3, -0.25) is 9.40 Å². The molecule has 1 aliphatic carbocycles. The molecule has 4 aromatic rings. The summed E-state index contributed by atoms with van der Waals surface area (Å²) in [6.45, 7) is 0.443. The number of fused-ring (bicyclic) bond motifs is 1. The van der Waals surface area contributed by atoms with Gasteiger partial charge in [0.15, 0.2) is 11.4 Å². The number of halogens is 2. The van der Waals surface area contributed by atoms with Crippen molar-refractivity contribution in [2.45, 2.75) is 36.2 Å². The van der Waals surface area contributed by atoms with Gasteiger partial charge in [-0.1, -0.05) is 5.16 Å². The molecular formula is C23H23F2N5O5S. The minimum atomic E-state index is -4.27. The van der Waals surface area contributed by atoms with Crippen LogP contribution in [0.25, 0.3) is 11.0 Å². The number of benzene rings is 2. The number of anilines is 2. The molecule has 0 aliphatic heterocycles. The van der Waals surface area contributed by atoms with Gasteiger partial charge in [-0.2, -0.15) is 5.10 Å². The second-order valence-corrected chi connectivity index (χ2v) is 10.1. The number of methoxy groups -OCH3 is 2. The predicted octanol–water partition coefficient (Wildman–Crippen LogP) is 4.10. The molecule has 0 atom stereocenters. The molecule has 190 valence electrons. The Kier molecular flexibility index (Phi) is 5.94. The summed E-state index contributed by atoms with van der Waals surface area (Å²) in [5, 5.41) is 11.2. The summed E-state index contributed by atoms with van der Waals surface area (Å²) >= 11 is 0. The van der Waals surface area contributed by atoms with Crippen LogP contribution in [0.5, 0.6) is 11.5 Å². The highest BCUT2D eigenvalue weighted by molar-refractivity contribution is 7.92. The van der Waals surface area contributed by atoms with Gasteiger partial charge in [0.2, 0.25) is 0 Å². The zero-order valence-electron chi connectivity index (χ0n) is 19.4. The van der Waals surface area contributed by atoms with E-state index in [0.29, 0.717) is 36.1 Å². The molecule has 0 saturated heterocycles. The molecule has 0 radical (unpaired) electrons. The molecule has 13 heteroatoms. The van der Waals surface area contributed by atoms with Gasteiger partial charge in [0.25, 0.3) is 16.4 Å². The quantitative estimate of drug-likeness (QED) is 0.321. The third-order valence-electron chi connectivity index (χ3n) is 6.01. The zero-order chi connectivity index (χ0) is 25.5. The van der Waals surface area contributed by atoms with E-state index in [1.807, 2.05) is 0 Å². The van der Waals surface area contributed by atoms with Crippen LogP contribution in [-0.4, -0.2) is 49.5 Å². The van der Waals surface area contributed by atoms with Crippen molar-refractivity contribution in [3.63, 3.8) is 0 Å². The summed E-state index contributed by atoms with van der Waals surface area (Å²) in [4.78, 5) is -0.245. The highest BCUT2D eigenvalue weighted by atomic mass is 32.2. The van der Waals surface area contributed by atoms with Crippen LogP contribution in [0.15, 0.2) is 58.2 Å². The molecule has 0 unspecified atom stereocenters. The van der Waals surface area contributed by atoms with Gasteiger partial charge < -0.3 is 19.3 Å². The normalized spacial score (nSPS) is 14.7. The number of rotatable bonds is 10. The number of aromatic nitrogens is 3. The van der Waals surface area contributed by atoms with Gasteiger partial charge >= 0.3 is 0 Å². The number of ether oxygens (including phenoxy) is 2. The lowest BCUT2D eigenvalue weighted by atomic mass is 10.1. The van der Waals surface area contributed by atoms with E-state index in [-0.39, 0.29) is 22.2 Å². The molecule has 1 aliphatic rings. The average molecular weight is 520 g/mol. The Morgan fingerprint density at radius 2 is 1.94 bits per heavy atom. The van der Waals surface area contributed by atoms with Crippen LogP contribution in [0.2, 0.25) is 0 Å². The minimum absolute atomic E-state index is 0.0382. The predicted molar refractivity (Wildman–Crippen MR) is 127 cm³/mol. The third-order valence-corrected chi connectivity index (χ3v) is 7.37. The fourth-order valence-corrected chi connectivity index (χ4v) is 5.16. The van der Waals surface area contributed by atoms with E-state index >= 15 is 0 Å². The summed E-state index contributed by atoms with van der Waals surface area (Å²) in [6.07, 6.45) is 1.48. The second kappa shape index (κ2) is 8.97. The van der Waals surface area contributed by atoms with Crippen LogP contribution in [0.4, 0.5) is 20.3 Å². The number of sulfonamides is 1. The number of nitrogens with one attached hydrogen (secondary N) is 2. The first-order valence-corrected chi connectivity index (χ1v) is 12.4. The zero-order valence-corrected chi connectivity index (χ0v) is 20.2. The molecule has 2 N–H and O–H groups in total. The standard InChI is InChI=1S/C23H23F2N5O5S/c1-33-16-5-4-15(27-23(6-7-23)22(24)25)12-19(16)36(31,32)29-21-20-17(34-2)10-14(11-18(20)35-28-21)13-30-9-3-8-26-30/h3-5,8-12,22,27H,6-7,13H2,1-2H3,(H,28,29). The van der Waals surface area contributed by atoms with E-state index in [1.54, 1.807) is 35.3 Å². The van der Waals surface area contributed by atoms with Crippen LogP contribution in [0, 0.1) is 0 Å². The second-order valence-electron chi connectivity index (χ2n) is 8.46. The molecule has 1 saturated carbocycles. The van der Waals surface area contributed by atoms with Crippen LogP contribution in [0.3, 0.4) is 0 Å². The monoisotopic (exact) mass is 519 g/mol. The Morgan fingerprint density at radius 1 is 1.17 bits per heavy atom. The van der Waals surface area contributed by atoms with E-state index in [2.05, 4.69) is 20.3 Å². The number of hydrogen-bond acceptors (Lipinski definition) is 8. The van der Waals surface area contributed by atoms with Gasteiger partial charge in [-0.05, 0) is 54.8 Å². The van der Waals surface area contributed by atoms with Crippen molar-refractivity contribution in [2.24, 2.45) is 0 Å². The molecule has 10 nitrogen and oxygen atoms in total. The molecule has 36 heavy (non-hydrogen) atoms. The van der Waals surface area contributed by atoms with Crippen molar-refractivity contribution in [1.29, 1.82) is 0 Å². The van der Waals surface area contributed by atoms with E-state index in [9.17, 15) is 17.2 Å². The summed E-state index contributed by atoms with van der Waals surface area (Å²) in [5.74, 6) is 0.305. The van der Waals surface area contributed by atoms with E-state index in [1.165, 1.54) is 32.4 Å². The average Bonchev–Trinajstić information content (AvgIpc) is 3.26. The fourth-order valence-electron chi connectivity index (χ4n) is 3.96. The highest BCUT2D eigenvalue weighted by Crippen LogP contribution is 2.45. The molecule has 0 amide bonds. The van der Waals surface area contributed by atoms with Crippen LogP contribution < -0.4 is 19.5 Å². The van der Waals surface area contributed by atoms with E-state index < -0.39 is 22.0 Å². The van der Waals surface area contributed by atoms with Gasteiger partial charge in [0.05, 0.1) is 26.3 Å². The van der Waals surface area contributed by atoms with Crippen molar-refractivity contribution in [1.82, 2.24) is 14.9 Å². The van der Waals surface area contributed by atoms with Gasteiger partial charge in [-0.15, -0.1) is 0 Å². The summed E-state index contributed by atoms with van der Waals surface area (Å²) in [7, 11) is -1.50. The lowest BCUT2D eigenvalue weighted by Crippen LogP contribution is -2.30. The lowest BCUT2D eigenvalue weighted by molar-refractivity contribution is 0.114. The highest BCUT2D eigenvalue weighted by Gasteiger charge is 2.51. The number of alkyl halides is 2. The SMILES string of the molecule is COc1ccc(NC2(C(F)F)CC2)cc1S(=O)(=O)Nc1noc2cc(Cn3cccn3)cc(OC)c12. The van der Waals surface area contributed by atoms with E-state index in [0.717, 1.165) is 5.56 Å². The number of hydrogen-bond donors (Lipinski definition) is 2. The molecule has 2 aromatic heterocycles. The van der Waals surface area contributed by atoms with Crippen molar-refractivity contribution in [2.75, 3.05) is 24.3 Å². The first-order valence-electron chi connectivity index (χ1n) is 11.0. The first-order chi connectivity index (χ1) is 17.2. The van der Waals surface area contributed by atoms with Gasteiger partial charge in [0, 0.05) is 18.1 Å². The Bertz CT molecular complexity index is 1500. The van der Waals surface area contributed by atoms with Crippen LogP contribution in [0.1, 0.15) is 18.4 Å². The Labute approximate surface area is 205 Å². The maximum atomic E-state index is 13.4. The summed E-state index contributed by atoms with van der Waals surface area (Å²) in [6, 6.07) is 9.41. The Balaban J connectivity index is 1.48. The molecule has 2 heterocycles. The smallest absolute Gasteiger partial charge is 0.266 e. The molecule has 2 aromatic carbocycles.